The van der Waals surface area contributed by atoms with Crippen molar-refractivity contribution in [1.82, 2.24) is 4.31 Å². The van der Waals surface area contributed by atoms with Crippen LogP contribution >= 0.6 is 22.9 Å². The van der Waals surface area contributed by atoms with E-state index in [9.17, 15) is 13.2 Å². The van der Waals surface area contributed by atoms with Crippen LogP contribution in [-0.2, 0) is 10.0 Å². The number of rotatable bonds is 6. The summed E-state index contributed by atoms with van der Waals surface area (Å²) >= 11 is 6.98. The first-order valence-electron chi connectivity index (χ1n) is 7.05. The first-order valence-corrected chi connectivity index (χ1v) is 9.68. The fourth-order valence-electron chi connectivity index (χ4n) is 2.08. The van der Waals surface area contributed by atoms with E-state index in [0.29, 0.717) is 28.0 Å². The van der Waals surface area contributed by atoms with Crippen LogP contribution in [0.25, 0.3) is 0 Å². The van der Waals surface area contributed by atoms with Gasteiger partial charge in [-0.3, -0.25) is 4.79 Å². The van der Waals surface area contributed by atoms with Crippen LogP contribution in [0.4, 0.5) is 5.69 Å². The predicted molar refractivity (Wildman–Crippen MR) is 93.8 cm³/mol. The monoisotopic (exact) mass is 372 g/mol. The van der Waals surface area contributed by atoms with Crippen molar-refractivity contribution < 1.29 is 13.2 Å². The number of benzene rings is 1. The number of carbonyl (C=O) groups is 1. The average molecular weight is 373 g/mol. The molecule has 0 aliphatic rings. The molecule has 5 nitrogen and oxygen atoms in total. The molecule has 1 aromatic heterocycles. The van der Waals surface area contributed by atoms with Gasteiger partial charge in [-0.25, -0.2) is 8.42 Å². The van der Waals surface area contributed by atoms with E-state index in [4.69, 9.17) is 11.6 Å². The van der Waals surface area contributed by atoms with Crippen molar-refractivity contribution >= 4 is 44.6 Å². The van der Waals surface area contributed by atoms with Crippen molar-refractivity contribution in [3.63, 3.8) is 0 Å². The Labute approximate surface area is 144 Å². The molecule has 1 heterocycles. The van der Waals surface area contributed by atoms with Crippen LogP contribution in [-0.4, -0.2) is 31.7 Å². The lowest BCUT2D eigenvalue weighted by Crippen LogP contribution is -2.30. The molecule has 0 fully saturated rings. The van der Waals surface area contributed by atoms with Gasteiger partial charge in [0.1, 0.15) is 0 Å². The second kappa shape index (κ2) is 7.44. The third kappa shape index (κ3) is 4.11. The number of nitrogens with zero attached hydrogens (tertiary/aromatic N) is 1. The molecule has 23 heavy (non-hydrogen) atoms. The number of amides is 1. The van der Waals surface area contributed by atoms with Gasteiger partial charge in [0.25, 0.3) is 5.91 Å². The Balaban J connectivity index is 2.25. The smallest absolute Gasteiger partial charge is 0.265 e. The molecule has 2 aromatic rings. The van der Waals surface area contributed by atoms with Crippen molar-refractivity contribution in [2.75, 3.05) is 18.4 Å². The third-order valence-electron chi connectivity index (χ3n) is 3.23. The molecule has 2 rings (SSSR count). The summed E-state index contributed by atoms with van der Waals surface area (Å²) in [5, 5.41) is 2.69. The van der Waals surface area contributed by atoms with Crippen molar-refractivity contribution in [3.05, 3.63) is 45.6 Å². The third-order valence-corrected chi connectivity index (χ3v) is 6.51. The Morgan fingerprint density at radius 2 is 1.91 bits per heavy atom. The second-order valence-corrected chi connectivity index (χ2v) is 8.33. The Hall–Kier alpha value is -1.41. The van der Waals surface area contributed by atoms with Gasteiger partial charge in [0.2, 0.25) is 10.0 Å². The van der Waals surface area contributed by atoms with E-state index < -0.39 is 10.0 Å². The first-order chi connectivity index (χ1) is 10.9. The summed E-state index contributed by atoms with van der Waals surface area (Å²) in [7, 11) is -3.56. The first kappa shape index (κ1) is 17.9. The van der Waals surface area contributed by atoms with Gasteiger partial charge in [0.05, 0.1) is 14.1 Å². The standard InChI is InChI=1S/C15H17ClN2O3S2/c1-3-18(4-2)23(20,21)12-7-5-6-11(10-12)17-15(19)13-8-9-14(16)22-13/h5-10H,3-4H2,1-2H3,(H,17,19). The normalized spacial score (nSPS) is 11.7. The summed E-state index contributed by atoms with van der Waals surface area (Å²) in [5.41, 5.74) is 0.424. The molecule has 0 atom stereocenters. The number of nitrogens with one attached hydrogen (secondary N) is 1. The minimum atomic E-state index is -3.56. The van der Waals surface area contributed by atoms with E-state index in [2.05, 4.69) is 5.32 Å². The summed E-state index contributed by atoms with van der Waals surface area (Å²) in [6.45, 7) is 4.35. The van der Waals surface area contributed by atoms with Gasteiger partial charge < -0.3 is 5.32 Å². The van der Waals surface area contributed by atoms with Crippen LogP contribution in [0.5, 0.6) is 0 Å². The zero-order valence-electron chi connectivity index (χ0n) is 12.7. The topological polar surface area (TPSA) is 66.5 Å². The molecular formula is C15H17ClN2O3S2. The molecule has 0 bridgehead atoms. The Morgan fingerprint density at radius 3 is 2.48 bits per heavy atom. The van der Waals surface area contributed by atoms with E-state index in [0.717, 1.165) is 11.3 Å². The number of anilines is 1. The molecule has 0 saturated carbocycles. The van der Waals surface area contributed by atoms with Crippen molar-refractivity contribution in [2.24, 2.45) is 0 Å². The van der Waals surface area contributed by atoms with Gasteiger partial charge in [-0.1, -0.05) is 31.5 Å². The lowest BCUT2D eigenvalue weighted by Gasteiger charge is -2.18. The fraction of sp³-hybridized carbons (Fsp3) is 0.267. The number of hydrogen-bond donors (Lipinski definition) is 1. The van der Waals surface area contributed by atoms with E-state index in [1.807, 2.05) is 0 Å². The van der Waals surface area contributed by atoms with Gasteiger partial charge in [0.15, 0.2) is 0 Å². The van der Waals surface area contributed by atoms with Crippen molar-refractivity contribution in [1.29, 1.82) is 0 Å². The Kier molecular flexibility index (Phi) is 5.80. The number of carbonyl (C=O) groups excluding carboxylic acids is 1. The molecule has 0 spiro atoms. The number of sulfonamides is 1. The van der Waals surface area contributed by atoms with Crippen LogP contribution in [0.15, 0.2) is 41.3 Å². The molecule has 0 radical (unpaired) electrons. The minimum absolute atomic E-state index is 0.156. The molecule has 0 aliphatic carbocycles. The SMILES string of the molecule is CCN(CC)S(=O)(=O)c1cccc(NC(=O)c2ccc(Cl)s2)c1. The van der Waals surface area contributed by atoms with Crippen LogP contribution in [0.1, 0.15) is 23.5 Å². The molecule has 1 aromatic carbocycles. The van der Waals surface area contributed by atoms with E-state index in [-0.39, 0.29) is 10.8 Å². The average Bonchev–Trinajstić information content (AvgIpc) is 2.95. The fourth-order valence-corrected chi connectivity index (χ4v) is 4.52. The zero-order chi connectivity index (χ0) is 17.0. The lowest BCUT2D eigenvalue weighted by molar-refractivity contribution is 0.103. The maximum atomic E-state index is 12.5. The van der Waals surface area contributed by atoms with Crippen molar-refractivity contribution in [3.8, 4) is 0 Å². The molecule has 124 valence electrons. The minimum Gasteiger partial charge on any atom is -0.321 e. The maximum Gasteiger partial charge on any atom is 0.265 e. The highest BCUT2D eigenvalue weighted by molar-refractivity contribution is 7.89. The van der Waals surface area contributed by atoms with Gasteiger partial charge in [0, 0.05) is 18.8 Å². The van der Waals surface area contributed by atoms with Crippen LogP contribution in [0, 0.1) is 0 Å². The molecule has 0 aliphatic heterocycles. The highest BCUT2D eigenvalue weighted by Crippen LogP contribution is 2.24. The van der Waals surface area contributed by atoms with E-state index in [1.54, 1.807) is 38.1 Å². The molecule has 0 saturated heterocycles. The number of halogens is 1. The predicted octanol–water partition coefficient (Wildman–Crippen LogP) is 3.68. The summed E-state index contributed by atoms with van der Waals surface area (Å²) in [5.74, 6) is -0.320. The Bertz CT molecular complexity index is 799. The van der Waals surface area contributed by atoms with E-state index in [1.165, 1.54) is 16.4 Å². The van der Waals surface area contributed by atoms with Crippen LogP contribution < -0.4 is 5.32 Å². The van der Waals surface area contributed by atoms with Gasteiger partial charge >= 0.3 is 0 Å². The zero-order valence-corrected chi connectivity index (χ0v) is 15.1. The lowest BCUT2D eigenvalue weighted by atomic mass is 10.3. The Morgan fingerprint density at radius 1 is 1.22 bits per heavy atom. The number of hydrogen-bond acceptors (Lipinski definition) is 4. The highest BCUT2D eigenvalue weighted by atomic mass is 35.5. The second-order valence-electron chi connectivity index (χ2n) is 4.68. The maximum absolute atomic E-state index is 12.5. The van der Waals surface area contributed by atoms with Gasteiger partial charge in [-0.15, -0.1) is 11.3 Å². The van der Waals surface area contributed by atoms with Crippen LogP contribution in [0.3, 0.4) is 0 Å². The van der Waals surface area contributed by atoms with Gasteiger partial charge in [-0.2, -0.15) is 4.31 Å². The van der Waals surface area contributed by atoms with E-state index >= 15 is 0 Å². The molecule has 8 heteroatoms. The van der Waals surface area contributed by atoms with Crippen molar-refractivity contribution in [2.45, 2.75) is 18.7 Å². The largest absolute Gasteiger partial charge is 0.321 e. The molecule has 1 N–H and O–H groups in total. The summed E-state index contributed by atoms with van der Waals surface area (Å²) in [6, 6.07) is 9.50. The summed E-state index contributed by atoms with van der Waals surface area (Å²) in [4.78, 5) is 12.7. The summed E-state index contributed by atoms with van der Waals surface area (Å²) < 4.78 is 26.9. The highest BCUT2D eigenvalue weighted by Gasteiger charge is 2.22. The van der Waals surface area contributed by atoms with Gasteiger partial charge in [-0.05, 0) is 30.3 Å². The number of thiophene rings is 1. The summed E-state index contributed by atoms with van der Waals surface area (Å²) in [6.07, 6.45) is 0. The quantitative estimate of drug-likeness (QED) is 0.840. The molecule has 1 amide bonds. The van der Waals surface area contributed by atoms with Crippen LogP contribution in [0.2, 0.25) is 4.34 Å². The molecule has 0 unspecified atom stereocenters. The molecular weight excluding hydrogens is 356 g/mol.